The van der Waals surface area contributed by atoms with Gasteiger partial charge >= 0.3 is 0 Å². The number of rotatable bonds is 3. The summed E-state index contributed by atoms with van der Waals surface area (Å²) in [5, 5.41) is 5.12. The van der Waals surface area contributed by atoms with Gasteiger partial charge in [0.25, 0.3) is 5.89 Å². The first kappa shape index (κ1) is 12.5. The summed E-state index contributed by atoms with van der Waals surface area (Å²) < 4.78 is 11.0. The number of pyridine rings is 1. The quantitative estimate of drug-likeness (QED) is 0.738. The van der Waals surface area contributed by atoms with Gasteiger partial charge in [-0.1, -0.05) is 11.2 Å². The normalized spacial score (nSPS) is 18.4. The van der Waals surface area contributed by atoms with Crippen LogP contribution in [-0.2, 0) is 11.2 Å². The molecule has 0 aliphatic carbocycles. The molecule has 0 spiro atoms. The summed E-state index contributed by atoms with van der Waals surface area (Å²) in [5.74, 6) is 1.26. The molecular weight excluding hydrogens is 266 g/mol. The molecule has 0 unspecified atom stereocenters. The number of benzene rings is 1. The molecule has 5 heteroatoms. The van der Waals surface area contributed by atoms with Gasteiger partial charge in [0.1, 0.15) is 0 Å². The van der Waals surface area contributed by atoms with E-state index in [2.05, 4.69) is 15.1 Å². The first-order valence-corrected chi connectivity index (χ1v) is 7.18. The van der Waals surface area contributed by atoms with E-state index in [1.54, 1.807) is 6.20 Å². The van der Waals surface area contributed by atoms with E-state index in [0.29, 0.717) is 11.7 Å². The lowest BCUT2D eigenvalue weighted by molar-refractivity contribution is 0.109. The topological polar surface area (TPSA) is 61.0 Å². The van der Waals surface area contributed by atoms with Gasteiger partial charge < -0.3 is 9.26 Å². The summed E-state index contributed by atoms with van der Waals surface area (Å²) in [7, 11) is 0. The lowest BCUT2D eigenvalue weighted by Gasteiger charge is -2.03. The van der Waals surface area contributed by atoms with Crippen LogP contribution in [0.2, 0.25) is 0 Å². The molecule has 5 nitrogen and oxygen atoms in total. The smallest absolute Gasteiger partial charge is 0.257 e. The molecule has 4 rings (SSSR count). The molecule has 1 aliphatic rings. The van der Waals surface area contributed by atoms with Crippen LogP contribution < -0.4 is 0 Å². The number of hydrogen-bond acceptors (Lipinski definition) is 5. The fourth-order valence-electron chi connectivity index (χ4n) is 2.67. The molecule has 0 saturated carbocycles. The van der Waals surface area contributed by atoms with Crippen LogP contribution in [0.5, 0.6) is 0 Å². The van der Waals surface area contributed by atoms with E-state index in [1.807, 2.05) is 30.3 Å². The fraction of sp³-hybridized carbons (Fsp3) is 0.312. The van der Waals surface area contributed by atoms with Gasteiger partial charge in [-0.2, -0.15) is 4.98 Å². The van der Waals surface area contributed by atoms with E-state index in [4.69, 9.17) is 9.26 Å². The third-order valence-electron chi connectivity index (χ3n) is 3.75. The zero-order valence-corrected chi connectivity index (χ0v) is 11.5. The van der Waals surface area contributed by atoms with Gasteiger partial charge in [-0.25, -0.2) is 0 Å². The minimum atomic E-state index is 0.233. The standard InChI is InChI=1S/C16H15N3O2/c1-3-11-9-12(5-6-14(11)17-7-1)16-18-15(19-21-16)10-13-4-2-8-20-13/h1,3,5-7,9,13H,2,4,8,10H2/t13-/m0/s1. The van der Waals surface area contributed by atoms with Crippen molar-refractivity contribution in [3.05, 3.63) is 42.4 Å². The maximum Gasteiger partial charge on any atom is 0.257 e. The molecule has 0 N–H and O–H groups in total. The maximum atomic E-state index is 5.60. The van der Waals surface area contributed by atoms with Crippen LogP contribution in [0.3, 0.4) is 0 Å². The minimum absolute atomic E-state index is 0.233. The Labute approximate surface area is 122 Å². The molecule has 1 fully saturated rings. The summed E-state index contributed by atoms with van der Waals surface area (Å²) in [6.45, 7) is 0.840. The van der Waals surface area contributed by atoms with Crippen LogP contribution in [0.25, 0.3) is 22.4 Å². The van der Waals surface area contributed by atoms with E-state index >= 15 is 0 Å². The van der Waals surface area contributed by atoms with Gasteiger partial charge in [0.2, 0.25) is 0 Å². The Morgan fingerprint density at radius 2 is 2.24 bits per heavy atom. The molecule has 0 radical (unpaired) electrons. The van der Waals surface area contributed by atoms with Crippen molar-refractivity contribution in [1.82, 2.24) is 15.1 Å². The molecule has 21 heavy (non-hydrogen) atoms. The summed E-state index contributed by atoms with van der Waals surface area (Å²) >= 11 is 0. The number of fused-ring (bicyclic) bond motifs is 1. The molecule has 3 aromatic rings. The first-order chi connectivity index (χ1) is 10.4. The largest absolute Gasteiger partial charge is 0.378 e. The Kier molecular flexibility index (Phi) is 3.12. The third kappa shape index (κ3) is 2.52. The van der Waals surface area contributed by atoms with Crippen molar-refractivity contribution in [3.63, 3.8) is 0 Å². The summed E-state index contributed by atoms with van der Waals surface area (Å²) in [6.07, 6.45) is 4.93. The highest BCUT2D eigenvalue weighted by Crippen LogP contribution is 2.23. The Bertz CT molecular complexity index is 763. The van der Waals surface area contributed by atoms with E-state index in [1.165, 1.54) is 0 Å². The number of hydrogen-bond donors (Lipinski definition) is 0. The zero-order chi connectivity index (χ0) is 14.1. The van der Waals surface area contributed by atoms with Crippen LogP contribution in [0.4, 0.5) is 0 Å². The zero-order valence-electron chi connectivity index (χ0n) is 11.5. The lowest BCUT2D eigenvalue weighted by atomic mass is 10.1. The second kappa shape index (κ2) is 5.26. The fourth-order valence-corrected chi connectivity index (χ4v) is 2.67. The molecule has 0 bridgehead atoms. The van der Waals surface area contributed by atoms with Crippen molar-refractivity contribution >= 4 is 10.9 Å². The average Bonchev–Trinajstić information content (AvgIpc) is 3.19. The van der Waals surface area contributed by atoms with Crippen molar-refractivity contribution < 1.29 is 9.26 Å². The van der Waals surface area contributed by atoms with Crippen LogP contribution in [-0.4, -0.2) is 27.8 Å². The third-order valence-corrected chi connectivity index (χ3v) is 3.75. The summed E-state index contributed by atoms with van der Waals surface area (Å²) in [6, 6.07) is 9.89. The SMILES string of the molecule is c1cnc2ccc(-c3nc(C[C@@H]4CCCO4)no3)cc2c1. The van der Waals surface area contributed by atoms with Crippen molar-refractivity contribution in [1.29, 1.82) is 0 Å². The van der Waals surface area contributed by atoms with Gasteiger partial charge in [0.15, 0.2) is 5.82 Å². The molecule has 106 valence electrons. The first-order valence-electron chi connectivity index (χ1n) is 7.18. The van der Waals surface area contributed by atoms with E-state index in [-0.39, 0.29) is 6.10 Å². The minimum Gasteiger partial charge on any atom is -0.378 e. The highest BCUT2D eigenvalue weighted by molar-refractivity contribution is 5.82. The van der Waals surface area contributed by atoms with Gasteiger partial charge in [-0.15, -0.1) is 0 Å². The van der Waals surface area contributed by atoms with Crippen molar-refractivity contribution in [2.45, 2.75) is 25.4 Å². The summed E-state index contributed by atoms with van der Waals surface area (Å²) in [5.41, 5.74) is 1.88. The Hall–Kier alpha value is -2.27. The van der Waals surface area contributed by atoms with Crippen LogP contribution in [0.15, 0.2) is 41.1 Å². The molecule has 1 aliphatic heterocycles. The average molecular weight is 281 g/mol. The molecule has 1 aromatic carbocycles. The van der Waals surface area contributed by atoms with E-state index in [9.17, 15) is 0 Å². The molecule has 3 heterocycles. The monoisotopic (exact) mass is 281 g/mol. The molecular formula is C16H15N3O2. The van der Waals surface area contributed by atoms with Crippen LogP contribution in [0.1, 0.15) is 18.7 Å². The molecule has 1 saturated heterocycles. The van der Waals surface area contributed by atoms with Crippen molar-refractivity contribution in [3.8, 4) is 11.5 Å². The summed E-state index contributed by atoms with van der Waals surface area (Å²) in [4.78, 5) is 8.78. The molecule has 2 aromatic heterocycles. The van der Waals surface area contributed by atoms with Gasteiger partial charge in [-0.3, -0.25) is 4.98 Å². The van der Waals surface area contributed by atoms with Gasteiger partial charge in [0, 0.05) is 30.2 Å². The van der Waals surface area contributed by atoms with Gasteiger partial charge in [-0.05, 0) is 37.1 Å². The number of aromatic nitrogens is 3. The lowest BCUT2D eigenvalue weighted by Crippen LogP contribution is -2.09. The highest BCUT2D eigenvalue weighted by atomic mass is 16.5. The molecule has 0 amide bonds. The number of nitrogens with zero attached hydrogens (tertiary/aromatic N) is 3. The highest BCUT2D eigenvalue weighted by Gasteiger charge is 2.19. The number of ether oxygens (including phenoxy) is 1. The van der Waals surface area contributed by atoms with Crippen molar-refractivity contribution in [2.24, 2.45) is 0 Å². The van der Waals surface area contributed by atoms with Crippen molar-refractivity contribution in [2.75, 3.05) is 6.61 Å². The van der Waals surface area contributed by atoms with E-state index < -0.39 is 0 Å². The Morgan fingerprint density at radius 3 is 3.14 bits per heavy atom. The van der Waals surface area contributed by atoms with Crippen LogP contribution in [0, 0.1) is 0 Å². The van der Waals surface area contributed by atoms with Crippen LogP contribution >= 0.6 is 0 Å². The van der Waals surface area contributed by atoms with Gasteiger partial charge in [0.05, 0.1) is 11.6 Å². The maximum absolute atomic E-state index is 5.60. The predicted octanol–water partition coefficient (Wildman–Crippen LogP) is 3.01. The predicted molar refractivity (Wildman–Crippen MR) is 77.7 cm³/mol. The Balaban J connectivity index is 1.61. The second-order valence-corrected chi connectivity index (χ2v) is 5.27. The molecule has 1 atom stereocenters. The Morgan fingerprint density at radius 1 is 1.24 bits per heavy atom. The second-order valence-electron chi connectivity index (χ2n) is 5.27. The van der Waals surface area contributed by atoms with E-state index in [0.717, 1.165) is 42.3 Å².